The van der Waals surface area contributed by atoms with Gasteiger partial charge in [-0.05, 0) is 48.4 Å². The van der Waals surface area contributed by atoms with Crippen LogP contribution in [0.1, 0.15) is 23.6 Å². The number of hydrogen-bond acceptors (Lipinski definition) is 3. The van der Waals surface area contributed by atoms with Crippen molar-refractivity contribution in [3.63, 3.8) is 0 Å². The van der Waals surface area contributed by atoms with Crippen LogP contribution in [0.25, 0.3) is 6.08 Å². The van der Waals surface area contributed by atoms with Crippen molar-refractivity contribution in [3.8, 4) is 5.75 Å². The van der Waals surface area contributed by atoms with Crippen LogP contribution in [0, 0.1) is 5.82 Å². The fraction of sp³-hybridized carbons (Fsp3) is 0.238. The zero-order chi connectivity index (χ0) is 22.3. The lowest BCUT2D eigenvalue weighted by atomic mass is 10.1. The molecule has 9 heteroatoms. The Kier molecular flexibility index (Phi) is 7.57. The molecular weight excluding hydrogens is 404 g/mol. The van der Waals surface area contributed by atoms with Crippen LogP contribution in [0.4, 0.5) is 17.6 Å². The topological polar surface area (TPSA) is 67.4 Å². The van der Waals surface area contributed by atoms with Gasteiger partial charge >= 0.3 is 6.18 Å². The first-order valence-electron chi connectivity index (χ1n) is 8.86. The molecule has 2 rings (SSSR count). The highest BCUT2D eigenvalue weighted by atomic mass is 19.4. The van der Waals surface area contributed by atoms with Gasteiger partial charge in [-0.15, -0.1) is 0 Å². The van der Waals surface area contributed by atoms with Crippen LogP contribution in [0.5, 0.6) is 5.75 Å². The van der Waals surface area contributed by atoms with Gasteiger partial charge in [0.25, 0.3) is 0 Å². The summed E-state index contributed by atoms with van der Waals surface area (Å²) in [6.07, 6.45) is -1.99. The van der Waals surface area contributed by atoms with E-state index in [1.54, 1.807) is 24.3 Å². The fourth-order valence-corrected chi connectivity index (χ4v) is 2.52. The van der Waals surface area contributed by atoms with Gasteiger partial charge in [0.1, 0.15) is 17.6 Å². The zero-order valence-corrected chi connectivity index (χ0v) is 16.2. The maximum atomic E-state index is 13.1. The second-order valence-corrected chi connectivity index (χ2v) is 6.35. The predicted octanol–water partition coefficient (Wildman–Crippen LogP) is 3.69. The Hall–Kier alpha value is -3.36. The summed E-state index contributed by atoms with van der Waals surface area (Å²) in [5.41, 5.74) is -0.712. The van der Waals surface area contributed by atoms with Crippen molar-refractivity contribution >= 4 is 17.9 Å². The summed E-state index contributed by atoms with van der Waals surface area (Å²) in [5.74, 6) is -1.59. The second-order valence-electron chi connectivity index (χ2n) is 6.35. The summed E-state index contributed by atoms with van der Waals surface area (Å²) in [4.78, 5) is 24.1. The van der Waals surface area contributed by atoms with Gasteiger partial charge < -0.3 is 15.4 Å². The van der Waals surface area contributed by atoms with E-state index in [0.717, 1.165) is 17.7 Å². The minimum atomic E-state index is -4.76. The van der Waals surface area contributed by atoms with Gasteiger partial charge in [-0.2, -0.15) is 13.2 Å². The number of carbonyl (C=O) groups excluding carboxylic acids is 2. The molecule has 1 unspecified atom stereocenters. The molecule has 0 radical (unpaired) electrons. The summed E-state index contributed by atoms with van der Waals surface area (Å²) >= 11 is 0. The number of ether oxygens (including phenoxy) is 1. The minimum absolute atomic E-state index is 0.282. The maximum absolute atomic E-state index is 13.1. The van der Waals surface area contributed by atoms with Crippen molar-refractivity contribution in [2.24, 2.45) is 0 Å². The normalized spacial score (nSPS) is 12.5. The SMILES string of the molecule is COc1ccc(/C=C/C(=O)NC(C)C(=O)NCc2ccc(F)cc2C(F)(F)F)cc1. The molecule has 0 aliphatic carbocycles. The average Bonchev–Trinajstić information content (AvgIpc) is 2.70. The van der Waals surface area contributed by atoms with Gasteiger partial charge in [0.2, 0.25) is 11.8 Å². The summed E-state index contributed by atoms with van der Waals surface area (Å²) < 4.78 is 57.2. The number of rotatable bonds is 7. The first kappa shape index (κ1) is 22.9. The predicted molar refractivity (Wildman–Crippen MR) is 103 cm³/mol. The van der Waals surface area contributed by atoms with E-state index in [2.05, 4.69) is 10.6 Å². The molecular formula is C21H20F4N2O3. The molecule has 0 aromatic heterocycles. The lowest BCUT2D eigenvalue weighted by molar-refractivity contribution is -0.138. The Morgan fingerprint density at radius 3 is 2.40 bits per heavy atom. The largest absolute Gasteiger partial charge is 0.497 e. The molecule has 2 N–H and O–H groups in total. The number of halogens is 4. The number of alkyl halides is 3. The Morgan fingerprint density at radius 2 is 1.80 bits per heavy atom. The lowest BCUT2D eigenvalue weighted by Gasteiger charge is -2.16. The summed E-state index contributed by atoms with van der Waals surface area (Å²) in [5, 5.41) is 4.73. The van der Waals surface area contributed by atoms with Crippen molar-refractivity contribution in [1.29, 1.82) is 0 Å². The molecule has 30 heavy (non-hydrogen) atoms. The van der Waals surface area contributed by atoms with Crippen LogP contribution < -0.4 is 15.4 Å². The monoisotopic (exact) mass is 424 g/mol. The van der Waals surface area contributed by atoms with Crippen LogP contribution in [0.2, 0.25) is 0 Å². The van der Waals surface area contributed by atoms with Crippen molar-refractivity contribution in [2.75, 3.05) is 7.11 Å². The van der Waals surface area contributed by atoms with E-state index in [1.807, 2.05) is 0 Å². The molecule has 2 aromatic rings. The first-order chi connectivity index (χ1) is 14.1. The molecule has 1 atom stereocenters. The Balaban J connectivity index is 1.91. The molecule has 0 saturated heterocycles. The standard InChI is InChI=1S/C21H20F4N2O3/c1-13(27-19(28)10-5-14-3-8-17(30-2)9-4-14)20(29)26-12-15-6-7-16(22)11-18(15)21(23,24)25/h3-11,13H,12H2,1-2H3,(H,26,29)(H,27,28)/b10-5+. The third-order valence-corrected chi connectivity index (χ3v) is 4.13. The smallest absolute Gasteiger partial charge is 0.416 e. The van der Waals surface area contributed by atoms with Crippen LogP contribution in [0.3, 0.4) is 0 Å². The molecule has 0 heterocycles. The van der Waals surface area contributed by atoms with Crippen molar-refractivity contribution in [1.82, 2.24) is 10.6 Å². The Labute approximate surface area is 170 Å². The molecule has 0 fully saturated rings. The molecule has 0 aliphatic heterocycles. The summed E-state index contributed by atoms with van der Waals surface area (Å²) in [6, 6.07) is 8.13. The molecule has 0 spiro atoms. The molecule has 2 aromatic carbocycles. The third-order valence-electron chi connectivity index (χ3n) is 4.13. The summed E-state index contributed by atoms with van der Waals surface area (Å²) in [7, 11) is 1.53. The first-order valence-corrected chi connectivity index (χ1v) is 8.86. The highest BCUT2D eigenvalue weighted by Crippen LogP contribution is 2.32. The molecule has 0 saturated carbocycles. The van der Waals surface area contributed by atoms with Crippen LogP contribution in [-0.4, -0.2) is 25.0 Å². The highest BCUT2D eigenvalue weighted by Gasteiger charge is 2.33. The van der Waals surface area contributed by atoms with E-state index in [-0.39, 0.29) is 5.56 Å². The average molecular weight is 424 g/mol. The van der Waals surface area contributed by atoms with E-state index in [9.17, 15) is 27.2 Å². The maximum Gasteiger partial charge on any atom is 0.416 e. The number of benzene rings is 2. The molecule has 2 amide bonds. The van der Waals surface area contributed by atoms with E-state index in [0.29, 0.717) is 11.8 Å². The third kappa shape index (κ3) is 6.61. The van der Waals surface area contributed by atoms with E-state index in [4.69, 9.17) is 4.74 Å². The van der Waals surface area contributed by atoms with Gasteiger partial charge in [-0.25, -0.2) is 4.39 Å². The van der Waals surface area contributed by atoms with Gasteiger partial charge in [-0.3, -0.25) is 9.59 Å². The summed E-state index contributed by atoms with van der Waals surface area (Å²) in [6.45, 7) is 0.930. The molecule has 0 aliphatic rings. The van der Waals surface area contributed by atoms with Gasteiger partial charge in [0.15, 0.2) is 0 Å². The van der Waals surface area contributed by atoms with Gasteiger partial charge in [0, 0.05) is 12.6 Å². The molecule has 0 bridgehead atoms. The molecule has 5 nitrogen and oxygen atoms in total. The van der Waals surface area contributed by atoms with Crippen LogP contribution in [0.15, 0.2) is 48.5 Å². The minimum Gasteiger partial charge on any atom is -0.497 e. The van der Waals surface area contributed by atoms with Crippen LogP contribution in [-0.2, 0) is 22.3 Å². The van der Waals surface area contributed by atoms with Crippen molar-refractivity contribution < 1.29 is 31.9 Å². The number of amides is 2. The zero-order valence-electron chi connectivity index (χ0n) is 16.2. The number of nitrogens with one attached hydrogen (secondary N) is 2. The van der Waals surface area contributed by atoms with Crippen molar-refractivity contribution in [2.45, 2.75) is 25.7 Å². The van der Waals surface area contributed by atoms with Crippen LogP contribution >= 0.6 is 0 Å². The second kappa shape index (κ2) is 9.91. The van der Waals surface area contributed by atoms with E-state index in [1.165, 1.54) is 26.2 Å². The number of hydrogen-bond donors (Lipinski definition) is 2. The Morgan fingerprint density at radius 1 is 1.13 bits per heavy atom. The Bertz CT molecular complexity index is 925. The fourth-order valence-electron chi connectivity index (χ4n) is 2.52. The van der Waals surface area contributed by atoms with Gasteiger partial charge in [0.05, 0.1) is 12.7 Å². The quantitative estimate of drug-likeness (QED) is 0.526. The van der Waals surface area contributed by atoms with E-state index >= 15 is 0 Å². The number of methoxy groups -OCH3 is 1. The highest BCUT2D eigenvalue weighted by molar-refractivity contribution is 5.95. The number of carbonyl (C=O) groups is 2. The van der Waals surface area contributed by atoms with Crippen molar-refractivity contribution in [3.05, 3.63) is 71.0 Å². The molecule has 160 valence electrons. The lowest BCUT2D eigenvalue weighted by Crippen LogP contribution is -2.44. The van der Waals surface area contributed by atoms with E-state index < -0.39 is 42.0 Å². The van der Waals surface area contributed by atoms with Gasteiger partial charge in [-0.1, -0.05) is 18.2 Å².